The summed E-state index contributed by atoms with van der Waals surface area (Å²) in [6.45, 7) is 0.897. The molecule has 98 valence electrons. The lowest BCUT2D eigenvalue weighted by Gasteiger charge is -2.17. The van der Waals surface area contributed by atoms with Crippen molar-refractivity contribution in [2.45, 2.75) is 32.1 Å². The van der Waals surface area contributed by atoms with Gasteiger partial charge in [-0.05, 0) is 30.4 Å². The van der Waals surface area contributed by atoms with Crippen molar-refractivity contribution in [1.29, 1.82) is 0 Å². The molecule has 0 spiro atoms. The van der Waals surface area contributed by atoms with Gasteiger partial charge in [-0.3, -0.25) is 4.79 Å². The van der Waals surface area contributed by atoms with Crippen LogP contribution in [0.4, 0.5) is 5.69 Å². The largest absolute Gasteiger partial charge is 0.399 e. The van der Waals surface area contributed by atoms with E-state index in [0.29, 0.717) is 6.42 Å². The number of para-hydroxylation sites is 1. The molecule has 0 aliphatic heterocycles. The van der Waals surface area contributed by atoms with E-state index in [0.717, 1.165) is 36.6 Å². The van der Waals surface area contributed by atoms with Crippen LogP contribution in [0.15, 0.2) is 24.3 Å². The summed E-state index contributed by atoms with van der Waals surface area (Å²) in [6.07, 6.45) is 5.15. The minimum absolute atomic E-state index is 0.221. The number of nitrogens with two attached hydrogens (primary N) is 1. The van der Waals surface area contributed by atoms with Crippen LogP contribution in [0.25, 0.3) is 0 Å². The molecule has 1 amide bonds. The number of anilines is 1. The molecule has 2 rings (SSSR count). The molecule has 1 aromatic rings. The third kappa shape index (κ3) is 3.76. The first kappa shape index (κ1) is 12.9. The van der Waals surface area contributed by atoms with Crippen molar-refractivity contribution in [2.24, 2.45) is 5.92 Å². The van der Waals surface area contributed by atoms with Gasteiger partial charge in [-0.2, -0.15) is 0 Å². The van der Waals surface area contributed by atoms with Gasteiger partial charge in [0, 0.05) is 25.7 Å². The second kappa shape index (κ2) is 5.89. The molecule has 1 saturated carbocycles. The fraction of sp³-hybridized carbons (Fsp3) is 0.533. The first-order valence-corrected chi connectivity index (χ1v) is 6.74. The molecule has 0 saturated heterocycles. The van der Waals surface area contributed by atoms with Crippen molar-refractivity contribution >= 4 is 11.6 Å². The number of nitrogens with zero attached hydrogens (tertiary/aromatic N) is 1. The normalized spacial score (nSPS) is 14.5. The van der Waals surface area contributed by atoms with Gasteiger partial charge in [0.1, 0.15) is 0 Å². The number of benzene rings is 1. The van der Waals surface area contributed by atoms with Crippen LogP contribution in [0.2, 0.25) is 0 Å². The molecule has 0 aromatic heterocycles. The summed E-state index contributed by atoms with van der Waals surface area (Å²) in [6, 6.07) is 7.76. The lowest BCUT2D eigenvalue weighted by Crippen LogP contribution is -2.28. The highest BCUT2D eigenvalue weighted by Crippen LogP contribution is 2.32. The molecule has 18 heavy (non-hydrogen) atoms. The Bertz CT molecular complexity index is 413. The van der Waals surface area contributed by atoms with Crippen molar-refractivity contribution < 1.29 is 4.79 Å². The lowest BCUT2D eigenvalue weighted by molar-refractivity contribution is -0.129. The van der Waals surface area contributed by atoms with Crippen LogP contribution in [0.5, 0.6) is 0 Å². The molecule has 0 unspecified atom stereocenters. The van der Waals surface area contributed by atoms with Crippen molar-refractivity contribution in [2.75, 3.05) is 19.3 Å². The fourth-order valence-electron chi connectivity index (χ4n) is 2.10. The minimum atomic E-state index is 0.221. The van der Waals surface area contributed by atoms with Crippen LogP contribution < -0.4 is 5.73 Å². The molecule has 2 N–H and O–H groups in total. The van der Waals surface area contributed by atoms with Crippen LogP contribution in [0.1, 0.15) is 31.2 Å². The summed E-state index contributed by atoms with van der Waals surface area (Å²) in [5.41, 5.74) is 7.72. The summed E-state index contributed by atoms with van der Waals surface area (Å²) in [7, 11) is 1.90. The molecule has 1 fully saturated rings. The molecule has 3 heteroatoms. The van der Waals surface area contributed by atoms with E-state index in [-0.39, 0.29) is 5.91 Å². The van der Waals surface area contributed by atoms with E-state index in [1.165, 1.54) is 12.8 Å². The average Bonchev–Trinajstić information content (AvgIpc) is 3.18. The van der Waals surface area contributed by atoms with Gasteiger partial charge < -0.3 is 10.6 Å². The summed E-state index contributed by atoms with van der Waals surface area (Å²) in [5.74, 6) is 1.10. The van der Waals surface area contributed by atoms with E-state index in [9.17, 15) is 4.79 Å². The average molecular weight is 246 g/mol. The Kier molecular flexibility index (Phi) is 4.24. The van der Waals surface area contributed by atoms with Gasteiger partial charge in [-0.1, -0.05) is 31.0 Å². The Morgan fingerprint density at radius 2 is 2.11 bits per heavy atom. The van der Waals surface area contributed by atoms with E-state index in [1.54, 1.807) is 0 Å². The van der Waals surface area contributed by atoms with Crippen LogP contribution in [-0.2, 0) is 11.2 Å². The summed E-state index contributed by atoms with van der Waals surface area (Å²) >= 11 is 0. The standard InChI is InChI=1S/C15H22N2O/c1-17(11-10-12-6-7-12)15(18)9-8-13-4-2-3-5-14(13)16/h2-5,12H,6-11,16H2,1H3. The summed E-state index contributed by atoms with van der Waals surface area (Å²) in [4.78, 5) is 13.8. The maximum Gasteiger partial charge on any atom is 0.222 e. The molecule has 1 aliphatic carbocycles. The SMILES string of the molecule is CN(CCC1CC1)C(=O)CCc1ccccc1N. The number of carbonyl (C=O) groups excluding carboxylic acids is 1. The highest BCUT2D eigenvalue weighted by molar-refractivity contribution is 5.76. The monoisotopic (exact) mass is 246 g/mol. The molecule has 1 aromatic carbocycles. The fourth-order valence-corrected chi connectivity index (χ4v) is 2.10. The van der Waals surface area contributed by atoms with Crippen LogP contribution in [0, 0.1) is 5.92 Å². The van der Waals surface area contributed by atoms with Gasteiger partial charge >= 0.3 is 0 Å². The quantitative estimate of drug-likeness (QED) is 0.784. The van der Waals surface area contributed by atoms with Gasteiger partial charge in [-0.15, -0.1) is 0 Å². The lowest BCUT2D eigenvalue weighted by atomic mass is 10.1. The predicted octanol–water partition coefficient (Wildman–Crippen LogP) is 2.46. The minimum Gasteiger partial charge on any atom is -0.399 e. The first-order valence-electron chi connectivity index (χ1n) is 6.74. The topological polar surface area (TPSA) is 46.3 Å². The molecular weight excluding hydrogens is 224 g/mol. The molecule has 0 atom stereocenters. The number of hydrogen-bond acceptors (Lipinski definition) is 2. The Morgan fingerprint density at radius 3 is 2.78 bits per heavy atom. The molecular formula is C15H22N2O. The number of rotatable bonds is 6. The second-order valence-corrected chi connectivity index (χ2v) is 5.25. The zero-order chi connectivity index (χ0) is 13.0. The van der Waals surface area contributed by atoms with Crippen LogP contribution >= 0.6 is 0 Å². The van der Waals surface area contributed by atoms with E-state index >= 15 is 0 Å². The van der Waals surface area contributed by atoms with E-state index in [4.69, 9.17) is 5.73 Å². The summed E-state index contributed by atoms with van der Waals surface area (Å²) < 4.78 is 0. The van der Waals surface area contributed by atoms with Crippen LogP contribution in [-0.4, -0.2) is 24.4 Å². The molecule has 0 bridgehead atoms. The highest BCUT2D eigenvalue weighted by atomic mass is 16.2. The zero-order valence-corrected chi connectivity index (χ0v) is 11.1. The third-order valence-corrected chi connectivity index (χ3v) is 3.66. The number of aryl methyl sites for hydroxylation is 1. The van der Waals surface area contributed by atoms with Gasteiger partial charge in [0.2, 0.25) is 5.91 Å². The maximum absolute atomic E-state index is 11.9. The van der Waals surface area contributed by atoms with Crippen LogP contribution in [0.3, 0.4) is 0 Å². The molecule has 0 heterocycles. The van der Waals surface area contributed by atoms with Gasteiger partial charge in [0.05, 0.1) is 0 Å². The van der Waals surface area contributed by atoms with Gasteiger partial charge in [0.25, 0.3) is 0 Å². The first-order chi connectivity index (χ1) is 8.66. The molecule has 1 aliphatic rings. The number of hydrogen-bond donors (Lipinski definition) is 1. The van der Waals surface area contributed by atoms with Crippen molar-refractivity contribution in [3.05, 3.63) is 29.8 Å². The third-order valence-electron chi connectivity index (χ3n) is 3.66. The second-order valence-electron chi connectivity index (χ2n) is 5.25. The highest BCUT2D eigenvalue weighted by Gasteiger charge is 2.22. The Morgan fingerprint density at radius 1 is 1.39 bits per heavy atom. The molecule has 3 nitrogen and oxygen atoms in total. The smallest absolute Gasteiger partial charge is 0.222 e. The zero-order valence-electron chi connectivity index (χ0n) is 11.1. The van der Waals surface area contributed by atoms with Gasteiger partial charge in [0.15, 0.2) is 0 Å². The number of carbonyl (C=O) groups is 1. The predicted molar refractivity (Wildman–Crippen MR) is 74.2 cm³/mol. The van der Waals surface area contributed by atoms with Crippen molar-refractivity contribution in [1.82, 2.24) is 4.90 Å². The Labute approximate surface area is 109 Å². The van der Waals surface area contributed by atoms with E-state index in [1.807, 2.05) is 36.2 Å². The van der Waals surface area contributed by atoms with Crippen molar-refractivity contribution in [3.8, 4) is 0 Å². The van der Waals surface area contributed by atoms with E-state index < -0.39 is 0 Å². The summed E-state index contributed by atoms with van der Waals surface area (Å²) in [5, 5.41) is 0. The Balaban J connectivity index is 1.74. The van der Waals surface area contributed by atoms with Crippen molar-refractivity contribution in [3.63, 3.8) is 0 Å². The number of amides is 1. The van der Waals surface area contributed by atoms with Gasteiger partial charge in [-0.25, -0.2) is 0 Å². The molecule has 0 radical (unpaired) electrons. The number of nitrogen functional groups attached to an aromatic ring is 1. The maximum atomic E-state index is 11.9. The Hall–Kier alpha value is -1.51. The van der Waals surface area contributed by atoms with E-state index in [2.05, 4.69) is 0 Å².